The third kappa shape index (κ3) is 4.03. The van der Waals surface area contributed by atoms with E-state index in [9.17, 15) is 14.7 Å². The highest BCUT2D eigenvalue weighted by atomic mass is 16.5. The Labute approximate surface area is 133 Å². The minimum Gasteiger partial charge on any atom is -0.480 e. The lowest BCUT2D eigenvalue weighted by Crippen LogP contribution is -2.43. The first kappa shape index (κ1) is 16.4. The van der Waals surface area contributed by atoms with Gasteiger partial charge in [-0.1, -0.05) is 30.3 Å². The van der Waals surface area contributed by atoms with E-state index < -0.39 is 17.9 Å². The van der Waals surface area contributed by atoms with Crippen LogP contribution in [0, 0.1) is 0 Å². The van der Waals surface area contributed by atoms with E-state index in [1.54, 1.807) is 0 Å². The van der Waals surface area contributed by atoms with Crippen molar-refractivity contribution in [2.24, 2.45) is 0 Å². The zero-order valence-electron chi connectivity index (χ0n) is 12.8. The summed E-state index contributed by atoms with van der Waals surface area (Å²) in [5, 5.41) is 16.8. The van der Waals surface area contributed by atoms with Crippen molar-refractivity contribution in [1.29, 1.82) is 0 Å². The maximum absolute atomic E-state index is 12.6. The van der Waals surface area contributed by atoms with Crippen LogP contribution in [0.3, 0.4) is 0 Å². The van der Waals surface area contributed by atoms with E-state index in [0.29, 0.717) is 0 Å². The number of aromatic nitrogens is 2. The SMILES string of the molecule is COc1ccc(C(=O)N(Cc2ccccc2)C(C)C(=O)O)nn1. The highest BCUT2D eigenvalue weighted by Crippen LogP contribution is 2.13. The Bertz CT molecular complexity index is 673. The predicted octanol–water partition coefficient (Wildman–Crippen LogP) is 1.60. The van der Waals surface area contributed by atoms with Gasteiger partial charge in [0.15, 0.2) is 5.69 Å². The molecule has 1 unspecified atom stereocenters. The largest absolute Gasteiger partial charge is 0.480 e. The number of benzene rings is 1. The Hall–Kier alpha value is -2.96. The summed E-state index contributed by atoms with van der Waals surface area (Å²) < 4.78 is 4.90. The Kier molecular flexibility index (Phi) is 5.24. The van der Waals surface area contributed by atoms with Gasteiger partial charge in [-0.15, -0.1) is 10.2 Å². The first-order chi connectivity index (χ1) is 11.0. The molecule has 2 aromatic rings. The molecule has 0 saturated carbocycles. The minimum absolute atomic E-state index is 0.0647. The normalized spacial score (nSPS) is 11.6. The van der Waals surface area contributed by atoms with Crippen molar-refractivity contribution in [2.45, 2.75) is 19.5 Å². The number of aliphatic carboxylic acids is 1. The Morgan fingerprint density at radius 3 is 2.39 bits per heavy atom. The van der Waals surface area contributed by atoms with Gasteiger partial charge in [-0.05, 0) is 18.6 Å². The monoisotopic (exact) mass is 315 g/mol. The van der Waals surface area contributed by atoms with Crippen molar-refractivity contribution in [3.8, 4) is 5.88 Å². The van der Waals surface area contributed by atoms with E-state index >= 15 is 0 Å². The van der Waals surface area contributed by atoms with Gasteiger partial charge < -0.3 is 14.7 Å². The van der Waals surface area contributed by atoms with Crippen LogP contribution in [0.5, 0.6) is 5.88 Å². The number of methoxy groups -OCH3 is 1. The van der Waals surface area contributed by atoms with E-state index in [-0.39, 0.29) is 18.1 Å². The molecular formula is C16H17N3O4. The van der Waals surface area contributed by atoms with E-state index in [1.807, 2.05) is 30.3 Å². The van der Waals surface area contributed by atoms with Crippen LogP contribution in [0.4, 0.5) is 0 Å². The molecule has 0 saturated heterocycles. The van der Waals surface area contributed by atoms with Gasteiger partial charge in [0.2, 0.25) is 5.88 Å². The zero-order valence-corrected chi connectivity index (χ0v) is 12.8. The highest BCUT2D eigenvalue weighted by Gasteiger charge is 2.27. The number of hydrogen-bond donors (Lipinski definition) is 1. The lowest BCUT2D eigenvalue weighted by molar-refractivity contribution is -0.141. The van der Waals surface area contributed by atoms with E-state index in [0.717, 1.165) is 5.56 Å². The number of amides is 1. The van der Waals surface area contributed by atoms with E-state index in [2.05, 4.69) is 10.2 Å². The molecule has 0 aliphatic rings. The summed E-state index contributed by atoms with van der Waals surface area (Å²) in [5.74, 6) is -1.31. The van der Waals surface area contributed by atoms with Gasteiger partial charge in [0, 0.05) is 12.6 Å². The fourth-order valence-electron chi connectivity index (χ4n) is 1.99. The molecule has 1 atom stereocenters. The summed E-state index contributed by atoms with van der Waals surface area (Å²) in [6.07, 6.45) is 0. The molecule has 120 valence electrons. The van der Waals surface area contributed by atoms with Crippen LogP contribution in [0.25, 0.3) is 0 Å². The topological polar surface area (TPSA) is 92.6 Å². The van der Waals surface area contributed by atoms with Crippen LogP contribution in [0.15, 0.2) is 42.5 Å². The van der Waals surface area contributed by atoms with Crippen LogP contribution in [0.1, 0.15) is 23.0 Å². The van der Waals surface area contributed by atoms with Crippen LogP contribution in [-0.4, -0.2) is 45.2 Å². The summed E-state index contributed by atoms with van der Waals surface area (Å²) in [6, 6.07) is 11.1. The summed E-state index contributed by atoms with van der Waals surface area (Å²) in [7, 11) is 1.44. The molecule has 23 heavy (non-hydrogen) atoms. The number of carbonyl (C=O) groups excluding carboxylic acids is 1. The molecule has 1 aromatic carbocycles. The molecule has 0 aliphatic heterocycles. The number of carbonyl (C=O) groups is 2. The van der Waals surface area contributed by atoms with Crippen LogP contribution >= 0.6 is 0 Å². The fourth-order valence-corrected chi connectivity index (χ4v) is 1.99. The number of carboxylic acids is 1. The first-order valence-corrected chi connectivity index (χ1v) is 6.98. The van der Waals surface area contributed by atoms with Crippen molar-refractivity contribution < 1.29 is 19.4 Å². The van der Waals surface area contributed by atoms with Gasteiger partial charge in [0.05, 0.1) is 7.11 Å². The maximum Gasteiger partial charge on any atom is 0.326 e. The Balaban J connectivity index is 2.28. The van der Waals surface area contributed by atoms with Crippen LogP contribution in [0.2, 0.25) is 0 Å². The molecule has 2 rings (SSSR count). The fraction of sp³-hybridized carbons (Fsp3) is 0.250. The second-order valence-electron chi connectivity index (χ2n) is 4.89. The van der Waals surface area contributed by atoms with Gasteiger partial charge in [0.1, 0.15) is 6.04 Å². The van der Waals surface area contributed by atoms with E-state index in [1.165, 1.54) is 31.1 Å². The van der Waals surface area contributed by atoms with Crippen LogP contribution in [-0.2, 0) is 11.3 Å². The Morgan fingerprint density at radius 2 is 1.87 bits per heavy atom. The number of carboxylic acid groups (broad SMARTS) is 1. The molecule has 1 heterocycles. The third-order valence-electron chi connectivity index (χ3n) is 3.35. The molecule has 7 nitrogen and oxygen atoms in total. The van der Waals surface area contributed by atoms with Gasteiger partial charge in [-0.25, -0.2) is 4.79 Å². The highest BCUT2D eigenvalue weighted by molar-refractivity contribution is 5.94. The van der Waals surface area contributed by atoms with Crippen molar-refractivity contribution in [2.75, 3.05) is 7.11 Å². The molecule has 1 amide bonds. The number of rotatable bonds is 6. The minimum atomic E-state index is -1.09. The molecule has 7 heteroatoms. The average Bonchev–Trinajstić information content (AvgIpc) is 2.59. The molecule has 0 fully saturated rings. The second kappa shape index (κ2) is 7.35. The van der Waals surface area contributed by atoms with Crippen LogP contribution < -0.4 is 4.74 Å². The molecular weight excluding hydrogens is 298 g/mol. The van der Waals surface area contributed by atoms with Crippen molar-refractivity contribution >= 4 is 11.9 Å². The Morgan fingerprint density at radius 1 is 1.17 bits per heavy atom. The summed E-state index contributed by atoms with van der Waals surface area (Å²) in [4.78, 5) is 25.2. The zero-order chi connectivity index (χ0) is 16.8. The van der Waals surface area contributed by atoms with Crippen molar-refractivity contribution in [3.05, 3.63) is 53.7 Å². The lowest BCUT2D eigenvalue weighted by atomic mass is 10.1. The number of hydrogen-bond acceptors (Lipinski definition) is 5. The summed E-state index contributed by atoms with van der Waals surface area (Å²) in [6.45, 7) is 1.63. The molecule has 0 radical (unpaired) electrons. The molecule has 0 bridgehead atoms. The molecule has 1 aromatic heterocycles. The van der Waals surface area contributed by atoms with Gasteiger partial charge in [0.25, 0.3) is 5.91 Å². The van der Waals surface area contributed by atoms with Gasteiger partial charge in [-0.2, -0.15) is 0 Å². The number of nitrogens with zero attached hydrogens (tertiary/aromatic N) is 3. The molecule has 0 spiro atoms. The average molecular weight is 315 g/mol. The molecule has 0 aliphatic carbocycles. The number of ether oxygens (including phenoxy) is 1. The van der Waals surface area contributed by atoms with Crippen molar-refractivity contribution in [1.82, 2.24) is 15.1 Å². The second-order valence-corrected chi connectivity index (χ2v) is 4.89. The quantitative estimate of drug-likeness (QED) is 0.870. The van der Waals surface area contributed by atoms with Gasteiger partial charge >= 0.3 is 5.97 Å². The van der Waals surface area contributed by atoms with Crippen molar-refractivity contribution in [3.63, 3.8) is 0 Å². The van der Waals surface area contributed by atoms with E-state index in [4.69, 9.17) is 4.74 Å². The maximum atomic E-state index is 12.6. The van der Waals surface area contributed by atoms with Gasteiger partial charge in [-0.3, -0.25) is 4.79 Å². The lowest BCUT2D eigenvalue weighted by Gasteiger charge is -2.26. The first-order valence-electron chi connectivity index (χ1n) is 6.98. The third-order valence-corrected chi connectivity index (χ3v) is 3.35. The molecule has 1 N–H and O–H groups in total. The standard InChI is InChI=1S/C16H17N3O4/c1-11(16(21)22)19(10-12-6-4-3-5-7-12)15(20)13-8-9-14(23-2)18-17-13/h3-9,11H,10H2,1-2H3,(H,21,22). The predicted molar refractivity (Wildman–Crippen MR) is 82.0 cm³/mol. The smallest absolute Gasteiger partial charge is 0.326 e. The summed E-state index contributed by atoms with van der Waals surface area (Å²) >= 11 is 0. The summed E-state index contributed by atoms with van der Waals surface area (Å²) in [5.41, 5.74) is 0.894.